The van der Waals surface area contributed by atoms with E-state index in [2.05, 4.69) is 4.98 Å². The van der Waals surface area contributed by atoms with Gasteiger partial charge < -0.3 is 0 Å². The van der Waals surface area contributed by atoms with Crippen molar-refractivity contribution in [3.05, 3.63) is 56.9 Å². The lowest BCUT2D eigenvalue weighted by atomic mass is 10.1. The molecule has 1 aliphatic carbocycles. The van der Waals surface area contributed by atoms with Gasteiger partial charge in [-0.05, 0) is 44.2 Å². The number of thioether (sulfide) groups is 1. The molecule has 1 saturated heterocycles. The van der Waals surface area contributed by atoms with Crippen LogP contribution in [0, 0.1) is 12.7 Å². The van der Waals surface area contributed by atoms with Gasteiger partial charge in [-0.2, -0.15) is 4.98 Å². The van der Waals surface area contributed by atoms with E-state index < -0.39 is 21.3 Å². The molecule has 1 fully saturated rings. The number of hydrogen-bond acceptors (Lipinski definition) is 6. The number of nitrogens with zero attached hydrogens (tertiary/aromatic N) is 2. The number of aryl methyl sites for hydroxylation is 1. The molecule has 2 heterocycles. The second-order valence-corrected chi connectivity index (χ2v) is 10.8. The van der Waals surface area contributed by atoms with E-state index >= 15 is 0 Å². The van der Waals surface area contributed by atoms with Crippen LogP contribution < -0.4 is 5.69 Å². The summed E-state index contributed by atoms with van der Waals surface area (Å²) < 4.78 is 39.0. The summed E-state index contributed by atoms with van der Waals surface area (Å²) >= 11 is 1.19. The molecule has 154 valence electrons. The Labute approximate surface area is 172 Å². The van der Waals surface area contributed by atoms with E-state index in [0.29, 0.717) is 29.0 Å². The van der Waals surface area contributed by atoms with Gasteiger partial charge in [0.2, 0.25) is 0 Å². The second-order valence-electron chi connectivity index (χ2n) is 7.58. The lowest BCUT2D eigenvalue weighted by molar-refractivity contribution is 0.102. The van der Waals surface area contributed by atoms with Gasteiger partial charge in [0.05, 0.1) is 23.3 Å². The lowest BCUT2D eigenvalue weighted by Gasteiger charge is -2.18. The van der Waals surface area contributed by atoms with Crippen molar-refractivity contribution in [2.75, 3.05) is 17.3 Å². The predicted octanol–water partition coefficient (Wildman–Crippen LogP) is 2.51. The molecule has 0 spiro atoms. The summed E-state index contributed by atoms with van der Waals surface area (Å²) in [6, 6.07) is 4.04. The third-order valence-electron chi connectivity index (χ3n) is 5.55. The fraction of sp³-hybridized carbons (Fsp3) is 0.450. The number of halogens is 1. The quantitative estimate of drug-likeness (QED) is 0.407. The van der Waals surface area contributed by atoms with Crippen LogP contribution in [0.3, 0.4) is 0 Å². The molecule has 4 rings (SSSR count). The average molecular weight is 437 g/mol. The first kappa shape index (κ1) is 20.3. The molecule has 1 aliphatic heterocycles. The standard InChI is InChI=1S/C20H21FN2O4S2/c1-12-5-6-13(9-16(12)21)18(24)10-28-19-15-3-2-4-17(15)23(20(25)22-19)14-7-8-29(26,27)11-14/h5-6,9,14H,2-4,7-8,10-11H2,1H3/t14-/m1/s1. The van der Waals surface area contributed by atoms with E-state index in [4.69, 9.17) is 0 Å². The summed E-state index contributed by atoms with van der Waals surface area (Å²) in [5, 5.41) is 0.528. The fourth-order valence-corrected chi connectivity index (χ4v) is 6.68. The summed E-state index contributed by atoms with van der Waals surface area (Å²) in [4.78, 5) is 29.3. The summed E-state index contributed by atoms with van der Waals surface area (Å²) in [6.45, 7) is 1.64. The van der Waals surface area contributed by atoms with Crippen LogP contribution in [0.1, 0.15) is 46.1 Å². The van der Waals surface area contributed by atoms with Gasteiger partial charge >= 0.3 is 5.69 Å². The molecule has 2 aromatic rings. The topological polar surface area (TPSA) is 86.1 Å². The normalized spacial score (nSPS) is 20.0. The minimum Gasteiger partial charge on any atom is -0.293 e. The van der Waals surface area contributed by atoms with Crippen LogP contribution in [0.15, 0.2) is 28.0 Å². The van der Waals surface area contributed by atoms with Gasteiger partial charge in [0.25, 0.3) is 0 Å². The molecule has 1 aromatic carbocycles. The maximum Gasteiger partial charge on any atom is 0.349 e. The molecule has 0 radical (unpaired) electrons. The Morgan fingerprint density at radius 2 is 2.14 bits per heavy atom. The molecule has 0 bridgehead atoms. The number of carbonyl (C=O) groups is 1. The minimum atomic E-state index is -3.11. The third-order valence-corrected chi connectivity index (χ3v) is 8.32. The number of hydrogen-bond donors (Lipinski definition) is 0. The highest BCUT2D eigenvalue weighted by Crippen LogP contribution is 2.33. The van der Waals surface area contributed by atoms with Crippen molar-refractivity contribution in [2.45, 2.75) is 43.7 Å². The van der Waals surface area contributed by atoms with Gasteiger partial charge in [0.15, 0.2) is 15.6 Å². The summed E-state index contributed by atoms with van der Waals surface area (Å²) in [7, 11) is -3.11. The van der Waals surface area contributed by atoms with Crippen molar-refractivity contribution in [3.63, 3.8) is 0 Å². The predicted molar refractivity (Wildman–Crippen MR) is 109 cm³/mol. The number of rotatable bonds is 5. The molecule has 0 N–H and O–H groups in total. The smallest absolute Gasteiger partial charge is 0.293 e. The number of fused-ring (bicyclic) bond motifs is 1. The summed E-state index contributed by atoms with van der Waals surface area (Å²) in [5.74, 6) is -0.520. The molecule has 0 saturated carbocycles. The fourth-order valence-electron chi connectivity index (χ4n) is 4.01. The first-order valence-corrected chi connectivity index (χ1v) is 12.3. The van der Waals surface area contributed by atoms with Crippen LogP contribution in [-0.4, -0.2) is 41.0 Å². The molecular formula is C20H21FN2O4S2. The van der Waals surface area contributed by atoms with Gasteiger partial charge in [-0.1, -0.05) is 23.9 Å². The highest BCUT2D eigenvalue weighted by atomic mass is 32.2. The highest BCUT2D eigenvalue weighted by Gasteiger charge is 2.33. The van der Waals surface area contributed by atoms with Crippen LogP contribution in [-0.2, 0) is 22.7 Å². The molecule has 0 amide bonds. The largest absolute Gasteiger partial charge is 0.349 e. The molecule has 9 heteroatoms. The first-order valence-electron chi connectivity index (χ1n) is 9.52. The van der Waals surface area contributed by atoms with E-state index in [-0.39, 0.29) is 29.1 Å². The van der Waals surface area contributed by atoms with E-state index in [1.54, 1.807) is 23.6 Å². The molecule has 2 aliphatic rings. The molecule has 29 heavy (non-hydrogen) atoms. The van der Waals surface area contributed by atoms with Crippen molar-refractivity contribution >= 4 is 27.4 Å². The Hall–Kier alpha value is -2.00. The van der Waals surface area contributed by atoms with Gasteiger partial charge in [0.1, 0.15) is 10.8 Å². The maximum atomic E-state index is 13.7. The van der Waals surface area contributed by atoms with Crippen LogP contribution >= 0.6 is 11.8 Å². The Bertz CT molecular complexity index is 1160. The van der Waals surface area contributed by atoms with E-state index in [9.17, 15) is 22.4 Å². The van der Waals surface area contributed by atoms with E-state index in [1.165, 1.54) is 17.8 Å². The Kier molecular flexibility index (Phi) is 5.37. The summed E-state index contributed by atoms with van der Waals surface area (Å²) in [5.41, 5.74) is 2.10. The lowest BCUT2D eigenvalue weighted by Crippen LogP contribution is -2.31. The number of Topliss-reactive ketones (excluding diaryl/α,β-unsaturated/α-hetero) is 1. The van der Waals surface area contributed by atoms with Crippen LogP contribution in [0.2, 0.25) is 0 Å². The zero-order valence-electron chi connectivity index (χ0n) is 16.0. The maximum absolute atomic E-state index is 13.7. The van der Waals surface area contributed by atoms with E-state index in [1.807, 2.05) is 0 Å². The molecule has 6 nitrogen and oxygen atoms in total. The molecule has 0 unspecified atom stereocenters. The summed E-state index contributed by atoms with van der Waals surface area (Å²) in [6.07, 6.45) is 2.75. The van der Waals surface area contributed by atoms with Crippen molar-refractivity contribution in [1.29, 1.82) is 0 Å². The van der Waals surface area contributed by atoms with Crippen LogP contribution in [0.4, 0.5) is 4.39 Å². The van der Waals surface area contributed by atoms with Crippen molar-refractivity contribution < 1.29 is 17.6 Å². The highest BCUT2D eigenvalue weighted by molar-refractivity contribution is 8.00. The zero-order valence-corrected chi connectivity index (χ0v) is 17.6. The van der Waals surface area contributed by atoms with Gasteiger partial charge in [-0.25, -0.2) is 17.6 Å². The Morgan fingerprint density at radius 1 is 1.34 bits per heavy atom. The van der Waals surface area contributed by atoms with E-state index in [0.717, 1.165) is 24.1 Å². The zero-order chi connectivity index (χ0) is 20.8. The molecule has 1 atom stereocenters. The van der Waals surface area contributed by atoms with Gasteiger partial charge in [-0.3, -0.25) is 9.36 Å². The third kappa shape index (κ3) is 4.02. The van der Waals surface area contributed by atoms with Crippen molar-refractivity contribution in [1.82, 2.24) is 9.55 Å². The number of aromatic nitrogens is 2. The van der Waals surface area contributed by atoms with Gasteiger partial charge in [-0.15, -0.1) is 0 Å². The SMILES string of the molecule is Cc1ccc(C(=O)CSc2nc(=O)n([C@@H]3CCS(=O)(=O)C3)c3c2CCC3)cc1F. The Morgan fingerprint density at radius 3 is 2.83 bits per heavy atom. The van der Waals surface area contributed by atoms with Crippen LogP contribution in [0.25, 0.3) is 0 Å². The second kappa shape index (κ2) is 7.68. The monoisotopic (exact) mass is 436 g/mol. The number of ketones is 1. The number of benzene rings is 1. The van der Waals surface area contributed by atoms with Crippen molar-refractivity contribution in [3.8, 4) is 0 Å². The molecule has 1 aromatic heterocycles. The van der Waals surface area contributed by atoms with Crippen molar-refractivity contribution in [2.24, 2.45) is 0 Å². The Balaban J connectivity index is 1.58. The molecular weight excluding hydrogens is 415 g/mol. The first-order chi connectivity index (χ1) is 13.7. The number of carbonyl (C=O) groups excluding carboxylic acids is 1. The minimum absolute atomic E-state index is 0.0228. The average Bonchev–Trinajstić information content (AvgIpc) is 3.28. The number of sulfone groups is 1. The van der Waals surface area contributed by atoms with Gasteiger partial charge in [0, 0.05) is 16.8 Å². The van der Waals surface area contributed by atoms with Crippen LogP contribution in [0.5, 0.6) is 0 Å².